The van der Waals surface area contributed by atoms with Gasteiger partial charge in [0.15, 0.2) is 0 Å². The van der Waals surface area contributed by atoms with E-state index in [1.165, 1.54) is 0 Å². The van der Waals surface area contributed by atoms with Crippen molar-refractivity contribution in [3.05, 3.63) is 34.6 Å². The van der Waals surface area contributed by atoms with Crippen molar-refractivity contribution in [2.75, 3.05) is 0 Å². The highest BCUT2D eigenvalue weighted by molar-refractivity contribution is 6.32. The maximum atomic E-state index is 10.7. The van der Waals surface area contributed by atoms with Gasteiger partial charge in [-0.1, -0.05) is 11.6 Å². The number of carboxylic acid groups (broad SMARTS) is 1. The maximum Gasteiger partial charge on any atom is 0.309 e. The number of hydrogen-bond acceptors (Lipinski definition) is 2. The van der Waals surface area contributed by atoms with Crippen LogP contribution in [0.15, 0.2) is 18.3 Å². The van der Waals surface area contributed by atoms with E-state index in [9.17, 15) is 4.79 Å². The average Bonchev–Trinajstić information content (AvgIpc) is 2.80. The Labute approximate surface area is 107 Å². The molecule has 0 saturated carbocycles. The van der Waals surface area contributed by atoms with E-state index in [2.05, 4.69) is 9.97 Å². The van der Waals surface area contributed by atoms with E-state index < -0.39 is 5.97 Å². The molecule has 2 aromatic heterocycles. The number of fused-ring (bicyclic) bond motifs is 3. The summed E-state index contributed by atoms with van der Waals surface area (Å²) in [6, 6.07) is 3.69. The van der Waals surface area contributed by atoms with Gasteiger partial charge in [-0.2, -0.15) is 0 Å². The van der Waals surface area contributed by atoms with Gasteiger partial charge in [-0.25, -0.2) is 4.98 Å². The van der Waals surface area contributed by atoms with Gasteiger partial charge in [0, 0.05) is 16.9 Å². The number of halogens is 1. The molecule has 2 heterocycles. The average molecular weight is 264 g/mol. The number of imidazole rings is 2. The topological polar surface area (TPSA) is 70.4 Å². The number of H-pyrrole nitrogens is 1. The zero-order valence-corrected chi connectivity index (χ0v) is 10.3. The minimum atomic E-state index is -0.872. The molecule has 0 spiro atoms. The van der Waals surface area contributed by atoms with Gasteiger partial charge in [-0.05, 0) is 24.6 Å². The molecule has 3 rings (SSSR count). The predicted octanol–water partition coefficient (Wildman–Crippen LogP) is 2.40. The van der Waals surface area contributed by atoms with Crippen molar-refractivity contribution >= 4 is 34.4 Å². The molecular formula is C12H10ClN3O2. The molecule has 0 atom stereocenters. The molecule has 6 heteroatoms. The number of aromatic nitrogens is 3. The highest BCUT2D eigenvalue weighted by atomic mass is 35.5. The molecule has 0 aliphatic rings. The number of carboxylic acids is 1. The second-order valence-corrected chi connectivity index (χ2v) is 4.60. The molecule has 0 fully saturated rings. The fourth-order valence-electron chi connectivity index (χ4n) is 2.07. The monoisotopic (exact) mass is 263 g/mol. The van der Waals surface area contributed by atoms with Crippen LogP contribution < -0.4 is 0 Å². The Kier molecular flexibility index (Phi) is 2.31. The lowest BCUT2D eigenvalue weighted by atomic mass is 10.2. The van der Waals surface area contributed by atoms with E-state index in [1.807, 2.05) is 23.5 Å². The van der Waals surface area contributed by atoms with Crippen LogP contribution in [0.25, 0.3) is 16.8 Å². The fraction of sp³-hybridized carbons (Fsp3) is 0.167. The predicted molar refractivity (Wildman–Crippen MR) is 68.1 cm³/mol. The van der Waals surface area contributed by atoms with E-state index in [0.29, 0.717) is 16.5 Å². The molecule has 5 nitrogen and oxygen atoms in total. The number of hydrogen-bond donors (Lipinski definition) is 2. The van der Waals surface area contributed by atoms with Gasteiger partial charge >= 0.3 is 5.97 Å². The molecular weight excluding hydrogens is 254 g/mol. The molecule has 0 radical (unpaired) electrons. The van der Waals surface area contributed by atoms with Crippen molar-refractivity contribution in [1.82, 2.24) is 14.4 Å². The van der Waals surface area contributed by atoms with Crippen LogP contribution in [0.3, 0.4) is 0 Å². The number of nitrogens with one attached hydrogen (secondary N) is 1. The van der Waals surface area contributed by atoms with Gasteiger partial charge in [0.1, 0.15) is 0 Å². The van der Waals surface area contributed by atoms with Crippen LogP contribution in [-0.4, -0.2) is 25.4 Å². The zero-order valence-electron chi connectivity index (χ0n) is 9.57. The standard InChI is InChI=1S/C12H10ClN3O2/c1-6-8(13)2-3-9-11(6)15-12-14-7(4-10(17)18)5-16(9)12/h2-3,5H,4H2,1H3,(H,14,15)(H,17,18). The smallest absolute Gasteiger partial charge is 0.309 e. The van der Waals surface area contributed by atoms with E-state index >= 15 is 0 Å². The highest BCUT2D eigenvalue weighted by Gasteiger charge is 2.12. The molecule has 0 saturated heterocycles. The second kappa shape index (κ2) is 3.74. The van der Waals surface area contributed by atoms with Gasteiger partial charge in [-0.3, -0.25) is 9.20 Å². The molecule has 1 aromatic carbocycles. The maximum absolute atomic E-state index is 10.7. The summed E-state index contributed by atoms with van der Waals surface area (Å²) in [4.78, 5) is 18.1. The summed E-state index contributed by atoms with van der Waals surface area (Å²) in [5, 5.41) is 9.43. The third kappa shape index (κ3) is 1.55. The summed E-state index contributed by atoms with van der Waals surface area (Å²) < 4.78 is 1.84. The van der Waals surface area contributed by atoms with Gasteiger partial charge in [0.2, 0.25) is 5.78 Å². The van der Waals surface area contributed by atoms with Crippen molar-refractivity contribution in [1.29, 1.82) is 0 Å². The van der Waals surface area contributed by atoms with Crippen LogP contribution in [0.1, 0.15) is 11.3 Å². The molecule has 18 heavy (non-hydrogen) atoms. The molecule has 3 aromatic rings. The minimum Gasteiger partial charge on any atom is -0.481 e. The number of benzene rings is 1. The largest absolute Gasteiger partial charge is 0.481 e. The van der Waals surface area contributed by atoms with Crippen molar-refractivity contribution in [2.45, 2.75) is 13.3 Å². The van der Waals surface area contributed by atoms with E-state index in [4.69, 9.17) is 16.7 Å². The SMILES string of the molecule is Cc1c(Cl)ccc2c1nc1[nH]c(CC(=O)O)cn12. The van der Waals surface area contributed by atoms with Gasteiger partial charge in [0.05, 0.1) is 17.5 Å². The van der Waals surface area contributed by atoms with E-state index in [-0.39, 0.29) is 6.42 Å². The Morgan fingerprint density at radius 2 is 2.33 bits per heavy atom. The summed E-state index contributed by atoms with van der Waals surface area (Å²) in [5.41, 5.74) is 3.29. The Morgan fingerprint density at radius 1 is 1.56 bits per heavy atom. The van der Waals surface area contributed by atoms with Crippen LogP contribution in [0.5, 0.6) is 0 Å². The van der Waals surface area contributed by atoms with Crippen LogP contribution >= 0.6 is 11.6 Å². The summed E-state index contributed by atoms with van der Waals surface area (Å²) in [7, 11) is 0. The first-order valence-corrected chi connectivity index (χ1v) is 5.80. The number of rotatable bonds is 2. The molecule has 0 aliphatic carbocycles. The lowest BCUT2D eigenvalue weighted by Crippen LogP contribution is -1.99. The van der Waals surface area contributed by atoms with Crippen molar-refractivity contribution < 1.29 is 9.90 Å². The Balaban J connectivity index is 2.25. The minimum absolute atomic E-state index is 0.0442. The number of carbonyl (C=O) groups is 1. The Hall–Kier alpha value is -2.01. The summed E-state index contributed by atoms with van der Waals surface area (Å²) in [6.45, 7) is 1.91. The van der Waals surface area contributed by atoms with Gasteiger partial charge in [0.25, 0.3) is 0 Å². The Bertz CT molecular complexity index is 772. The van der Waals surface area contributed by atoms with E-state index in [0.717, 1.165) is 16.6 Å². The number of aliphatic carboxylic acids is 1. The molecule has 0 bridgehead atoms. The third-order valence-corrected chi connectivity index (χ3v) is 3.36. The summed E-state index contributed by atoms with van der Waals surface area (Å²) in [5.74, 6) is -0.241. The molecule has 0 aliphatic heterocycles. The number of nitrogens with zero attached hydrogens (tertiary/aromatic N) is 2. The van der Waals surface area contributed by atoms with Crippen LogP contribution in [-0.2, 0) is 11.2 Å². The molecule has 2 N–H and O–H groups in total. The Morgan fingerprint density at radius 3 is 3.06 bits per heavy atom. The van der Waals surface area contributed by atoms with Crippen LogP contribution in [0.4, 0.5) is 0 Å². The summed E-state index contributed by atoms with van der Waals surface area (Å²) >= 11 is 6.05. The highest BCUT2D eigenvalue weighted by Crippen LogP contribution is 2.25. The van der Waals surface area contributed by atoms with Crippen molar-refractivity contribution in [2.24, 2.45) is 0 Å². The van der Waals surface area contributed by atoms with Crippen LogP contribution in [0, 0.1) is 6.92 Å². The fourth-order valence-corrected chi connectivity index (χ4v) is 2.23. The second-order valence-electron chi connectivity index (χ2n) is 4.20. The first kappa shape index (κ1) is 11.1. The van der Waals surface area contributed by atoms with Crippen LogP contribution in [0.2, 0.25) is 5.02 Å². The first-order chi connectivity index (χ1) is 8.56. The zero-order chi connectivity index (χ0) is 12.9. The van der Waals surface area contributed by atoms with E-state index in [1.54, 1.807) is 6.20 Å². The van der Waals surface area contributed by atoms with Crippen molar-refractivity contribution in [3.63, 3.8) is 0 Å². The van der Waals surface area contributed by atoms with Gasteiger partial charge in [-0.15, -0.1) is 0 Å². The number of aromatic amines is 1. The quantitative estimate of drug-likeness (QED) is 0.746. The lowest BCUT2D eigenvalue weighted by molar-refractivity contribution is -0.136. The third-order valence-electron chi connectivity index (χ3n) is 2.95. The summed E-state index contributed by atoms with van der Waals surface area (Å²) in [6.07, 6.45) is 1.71. The van der Waals surface area contributed by atoms with Crippen molar-refractivity contribution in [3.8, 4) is 0 Å². The number of aryl methyl sites for hydroxylation is 1. The lowest BCUT2D eigenvalue weighted by Gasteiger charge is -1.97. The molecule has 92 valence electrons. The normalized spacial score (nSPS) is 11.4. The molecule has 0 unspecified atom stereocenters. The van der Waals surface area contributed by atoms with Gasteiger partial charge < -0.3 is 10.1 Å². The molecule has 0 amide bonds. The first-order valence-electron chi connectivity index (χ1n) is 5.43.